The van der Waals surface area contributed by atoms with Crippen LogP contribution in [0.3, 0.4) is 0 Å². The van der Waals surface area contributed by atoms with Crippen molar-refractivity contribution in [2.45, 2.75) is 32.3 Å². The number of hydrogen-bond donors (Lipinski definition) is 1. The Labute approximate surface area is 165 Å². The Morgan fingerprint density at radius 1 is 1.27 bits per heavy atom. The van der Waals surface area contributed by atoms with E-state index in [0.717, 1.165) is 11.3 Å². The molecule has 0 bridgehead atoms. The molecule has 0 radical (unpaired) electrons. The van der Waals surface area contributed by atoms with Crippen molar-refractivity contribution in [1.29, 1.82) is 0 Å². The predicted molar refractivity (Wildman–Crippen MR) is 103 cm³/mol. The number of nitrogens with one attached hydrogen (secondary N) is 1. The maximum Gasteiger partial charge on any atom is 0.350 e. The number of anilines is 1. The fraction of sp³-hybridized carbons (Fsp3) is 0.353. The minimum absolute atomic E-state index is 0.00609. The highest BCUT2D eigenvalue weighted by Crippen LogP contribution is 2.29. The van der Waals surface area contributed by atoms with E-state index in [1.54, 1.807) is 31.2 Å². The highest BCUT2D eigenvalue weighted by Gasteiger charge is 2.24. The number of hydrogen-bond acceptors (Lipinski definition) is 6. The molecule has 1 aromatic carbocycles. The number of esters is 1. The number of carbonyl (C=O) groups is 2. The van der Waals surface area contributed by atoms with Crippen molar-refractivity contribution in [1.82, 2.24) is 4.98 Å². The standard InChI is InChI=1S/C17H18Cl2N2O4S/c1-4-24-16(23)13-12(9(2)3)20-17(26-13)21-15(22)14(19)25-11-7-5-10(18)6-8-11/h5-9,14H,4H2,1-3H3,(H,20,21,22). The molecule has 2 rings (SSSR count). The Hall–Kier alpha value is -1.83. The maximum absolute atomic E-state index is 12.2. The third-order valence-electron chi connectivity index (χ3n) is 3.15. The Morgan fingerprint density at radius 3 is 2.50 bits per heavy atom. The summed E-state index contributed by atoms with van der Waals surface area (Å²) in [6.07, 6.45) is 0. The van der Waals surface area contributed by atoms with E-state index in [4.69, 9.17) is 32.7 Å². The molecule has 2 aromatic rings. The zero-order valence-electron chi connectivity index (χ0n) is 14.4. The second-order valence-electron chi connectivity index (χ2n) is 5.49. The average Bonchev–Trinajstić information content (AvgIpc) is 3.01. The molecule has 1 aromatic heterocycles. The lowest BCUT2D eigenvalue weighted by atomic mass is 10.1. The first kappa shape index (κ1) is 20.5. The third kappa shape index (κ3) is 5.33. The first-order valence-electron chi connectivity index (χ1n) is 7.86. The molecule has 0 aliphatic heterocycles. The van der Waals surface area contributed by atoms with Gasteiger partial charge in [-0.3, -0.25) is 10.1 Å². The number of nitrogens with zero attached hydrogens (tertiary/aromatic N) is 1. The molecule has 0 aliphatic carbocycles. The fourth-order valence-corrected chi connectivity index (χ4v) is 3.27. The molecular formula is C17H18Cl2N2O4S. The van der Waals surface area contributed by atoms with E-state index in [2.05, 4.69) is 10.3 Å². The normalized spacial score (nSPS) is 11.9. The molecule has 140 valence electrons. The minimum Gasteiger partial charge on any atom is -0.465 e. The monoisotopic (exact) mass is 416 g/mol. The number of benzene rings is 1. The second kappa shape index (κ2) is 9.21. The van der Waals surface area contributed by atoms with E-state index in [9.17, 15) is 9.59 Å². The summed E-state index contributed by atoms with van der Waals surface area (Å²) in [6.45, 7) is 5.78. The van der Waals surface area contributed by atoms with Gasteiger partial charge in [0.2, 0.25) is 0 Å². The number of aromatic nitrogens is 1. The van der Waals surface area contributed by atoms with Gasteiger partial charge in [-0.25, -0.2) is 9.78 Å². The van der Waals surface area contributed by atoms with Gasteiger partial charge in [-0.2, -0.15) is 0 Å². The zero-order valence-corrected chi connectivity index (χ0v) is 16.7. The van der Waals surface area contributed by atoms with Gasteiger partial charge in [0, 0.05) is 5.02 Å². The molecule has 0 aliphatic rings. The van der Waals surface area contributed by atoms with E-state index in [1.807, 2.05) is 13.8 Å². The number of rotatable bonds is 7. The van der Waals surface area contributed by atoms with Crippen molar-refractivity contribution in [2.24, 2.45) is 0 Å². The summed E-state index contributed by atoms with van der Waals surface area (Å²) in [5.41, 5.74) is -0.706. The quantitative estimate of drug-likeness (QED) is 0.523. The van der Waals surface area contributed by atoms with Crippen molar-refractivity contribution in [3.63, 3.8) is 0 Å². The molecule has 0 saturated heterocycles. The first-order valence-corrected chi connectivity index (χ1v) is 9.49. The summed E-state index contributed by atoms with van der Waals surface area (Å²) in [5, 5.41) is 3.37. The Bertz CT molecular complexity index is 778. The molecule has 1 heterocycles. The minimum atomic E-state index is -1.27. The molecule has 9 heteroatoms. The van der Waals surface area contributed by atoms with Crippen LogP contribution in [0.2, 0.25) is 5.02 Å². The van der Waals surface area contributed by atoms with Crippen molar-refractivity contribution >= 4 is 51.5 Å². The molecule has 0 fully saturated rings. The largest absolute Gasteiger partial charge is 0.465 e. The zero-order chi connectivity index (χ0) is 19.3. The van der Waals surface area contributed by atoms with Crippen molar-refractivity contribution in [3.8, 4) is 5.75 Å². The van der Waals surface area contributed by atoms with Gasteiger partial charge in [-0.15, -0.1) is 0 Å². The van der Waals surface area contributed by atoms with Crippen LogP contribution in [0.5, 0.6) is 5.75 Å². The molecule has 1 unspecified atom stereocenters. The van der Waals surface area contributed by atoms with Gasteiger partial charge in [0.05, 0.1) is 12.3 Å². The molecule has 6 nitrogen and oxygen atoms in total. The van der Waals surface area contributed by atoms with Gasteiger partial charge >= 0.3 is 5.97 Å². The number of amides is 1. The topological polar surface area (TPSA) is 77.5 Å². The van der Waals surface area contributed by atoms with Gasteiger partial charge in [-0.05, 0) is 37.1 Å². The number of thiazole rings is 1. The molecular weight excluding hydrogens is 399 g/mol. The molecule has 1 amide bonds. The lowest BCUT2D eigenvalue weighted by Gasteiger charge is -2.11. The Morgan fingerprint density at radius 2 is 1.92 bits per heavy atom. The van der Waals surface area contributed by atoms with Crippen LogP contribution in [-0.4, -0.2) is 29.0 Å². The van der Waals surface area contributed by atoms with Crippen molar-refractivity contribution < 1.29 is 19.1 Å². The molecule has 1 N–H and O–H groups in total. The van der Waals surface area contributed by atoms with Crippen LogP contribution in [0, 0.1) is 0 Å². The SMILES string of the molecule is CCOC(=O)c1sc(NC(=O)C(Cl)Oc2ccc(Cl)cc2)nc1C(C)C. The smallest absolute Gasteiger partial charge is 0.350 e. The Balaban J connectivity index is 2.09. The summed E-state index contributed by atoms with van der Waals surface area (Å²) >= 11 is 12.8. The summed E-state index contributed by atoms with van der Waals surface area (Å²) in [7, 11) is 0. The van der Waals surface area contributed by atoms with Crippen LogP contribution in [0.15, 0.2) is 24.3 Å². The van der Waals surface area contributed by atoms with Crippen molar-refractivity contribution in [3.05, 3.63) is 39.9 Å². The average molecular weight is 417 g/mol. The van der Waals surface area contributed by atoms with Crippen LogP contribution in [0.4, 0.5) is 5.13 Å². The molecule has 0 spiro atoms. The molecule has 26 heavy (non-hydrogen) atoms. The van der Waals surface area contributed by atoms with E-state index in [-0.39, 0.29) is 17.7 Å². The summed E-state index contributed by atoms with van der Waals surface area (Å²) < 4.78 is 10.4. The van der Waals surface area contributed by atoms with Crippen LogP contribution in [0.25, 0.3) is 0 Å². The van der Waals surface area contributed by atoms with Crippen LogP contribution in [0.1, 0.15) is 42.1 Å². The highest BCUT2D eigenvalue weighted by molar-refractivity contribution is 7.17. The van der Waals surface area contributed by atoms with Gasteiger partial charge in [0.1, 0.15) is 10.6 Å². The summed E-state index contributed by atoms with van der Waals surface area (Å²) in [6, 6.07) is 6.45. The molecule has 1 atom stereocenters. The van der Waals surface area contributed by atoms with E-state index >= 15 is 0 Å². The third-order valence-corrected chi connectivity index (χ3v) is 4.66. The van der Waals surface area contributed by atoms with Gasteiger partial charge in [0.25, 0.3) is 11.5 Å². The second-order valence-corrected chi connectivity index (χ2v) is 7.32. The predicted octanol–water partition coefficient (Wildman–Crippen LogP) is 4.68. The van der Waals surface area contributed by atoms with Crippen LogP contribution in [-0.2, 0) is 9.53 Å². The first-order chi connectivity index (χ1) is 12.3. The van der Waals surface area contributed by atoms with E-state index in [1.165, 1.54) is 0 Å². The molecule has 0 saturated carbocycles. The van der Waals surface area contributed by atoms with Gasteiger partial charge in [-0.1, -0.05) is 48.4 Å². The lowest BCUT2D eigenvalue weighted by molar-refractivity contribution is -0.119. The number of ether oxygens (including phenoxy) is 2. The highest BCUT2D eigenvalue weighted by atomic mass is 35.5. The van der Waals surface area contributed by atoms with Gasteiger partial charge < -0.3 is 9.47 Å². The number of alkyl halides is 1. The maximum atomic E-state index is 12.2. The van der Waals surface area contributed by atoms with Crippen LogP contribution < -0.4 is 10.1 Å². The van der Waals surface area contributed by atoms with E-state index in [0.29, 0.717) is 21.3 Å². The Kier molecular flexibility index (Phi) is 7.25. The number of carbonyl (C=O) groups excluding carboxylic acids is 2. The number of halogens is 2. The fourth-order valence-electron chi connectivity index (χ4n) is 1.97. The van der Waals surface area contributed by atoms with Gasteiger partial charge in [0.15, 0.2) is 5.13 Å². The van der Waals surface area contributed by atoms with Crippen LogP contribution >= 0.6 is 34.5 Å². The summed E-state index contributed by atoms with van der Waals surface area (Å²) in [4.78, 5) is 28.9. The summed E-state index contributed by atoms with van der Waals surface area (Å²) in [5.74, 6) is -0.665. The lowest BCUT2D eigenvalue weighted by Crippen LogP contribution is -2.28. The van der Waals surface area contributed by atoms with Crippen molar-refractivity contribution in [2.75, 3.05) is 11.9 Å². The van der Waals surface area contributed by atoms with E-state index < -0.39 is 17.4 Å².